The highest BCUT2D eigenvalue weighted by Crippen LogP contribution is 2.15. The van der Waals surface area contributed by atoms with Crippen molar-refractivity contribution in [3.05, 3.63) is 23.9 Å². The molecule has 1 unspecified atom stereocenters. The normalized spacial score (nSPS) is 17.6. The monoisotopic (exact) mass is 443 g/mol. The lowest BCUT2D eigenvalue weighted by Gasteiger charge is -2.32. The van der Waals surface area contributed by atoms with Gasteiger partial charge in [0, 0.05) is 25.8 Å². The van der Waals surface area contributed by atoms with Crippen LogP contribution >= 0.6 is 24.0 Å². The third kappa shape index (κ3) is 6.53. The highest BCUT2D eigenvalue weighted by atomic mass is 127. The molecule has 7 heteroatoms. The number of aromatic nitrogens is 1. The van der Waals surface area contributed by atoms with E-state index in [1.807, 2.05) is 19.2 Å². The number of terminal acetylenes is 1. The third-order valence-corrected chi connectivity index (χ3v) is 3.50. The van der Waals surface area contributed by atoms with Gasteiger partial charge >= 0.3 is 0 Å². The van der Waals surface area contributed by atoms with E-state index in [4.69, 9.17) is 11.2 Å². The van der Waals surface area contributed by atoms with Crippen LogP contribution in [0.1, 0.15) is 19.4 Å². The van der Waals surface area contributed by atoms with Gasteiger partial charge in [0.05, 0.1) is 25.8 Å². The first-order chi connectivity index (χ1) is 11.2. The van der Waals surface area contributed by atoms with E-state index in [1.54, 1.807) is 0 Å². The predicted octanol–water partition coefficient (Wildman–Crippen LogP) is 1.61. The van der Waals surface area contributed by atoms with E-state index in [0.29, 0.717) is 13.1 Å². The molecule has 0 saturated carbocycles. The second-order valence-electron chi connectivity index (χ2n) is 5.40. The van der Waals surface area contributed by atoms with E-state index < -0.39 is 0 Å². The van der Waals surface area contributed by atoms with E-state index in [9.17, 15) is 0 Å². The van der Waals surface area contributed by atoms with E-state index in [1.165, 1.54) is 0 Å². The molecule has 1 aromatic heterocycles. The molecule has 0 amide bonds. The number of anilines is 1. The van der Waals surface area contributed by atoms with Gasteiger partial charge in [0.25, 0.3) is 0 Å². The van der Waals surface area contributed by atoms with Crippen molar-refractivity contribution < 1.29 is 4.74 Å². The van der Waals surface area contributed by atoms with Gasteiger partial charge in [-0.1, -0.05) is 12.0 Å². The molecule has 1 aliphatic heterocycles. The summed E-state index contributed by atoms with van der Waals surface area (Å²) in [4.78, 5) is 11.3. The number of nitrogens with zero attached hydrogens (tertiary/aromatic N) is 3. The standard InChI is InChI=1S/C17H25N5O.HI/c1-4-8-19-17(18-5-2)21-12-15-6-7-16(20-11-15)22-9-10-23-14(3)13-22;/h1,6-7,11,14H,5,8-10,12-13H2,2-3H3,(H2,18,19,21);1H. The summed E-state index contributed by atoms with van der Waals surface area (Å²) >= 11 is 0. The number of nitrogens with one attached hydrogen (secondary N) is 2. The maximum atomic E-state index is 5.56. The van der Waals surface area contributed by atoms with Gasteiger partial charge < -0.3 is 20.3 Å². The summed E-state index contributed by atoms with van der Waals surface area (Å²) in [5, 5.41) is 6.23. The van der Waals surface area contributed by atoms with Crippen molar-refractivity contribution >= 4 is 35.8 Å². The Morgan fingerprint density at radius 1 is 1.50 bits per heavy atom. The maximum absolute atomic E-state index is 5.56. The first kappa shape index (κ1) is 20.5. The Kier molecular flexibility index (Phi) is 9.49. The second kappa shape index (κ2) is 11.1. The van der Waals surface area contributed by atoms with Gasteiger partial charge in [-0.25, -0.2) is 9.98 Å². The molecule has 1 fully saturated rings. The minimum Gasteiger partial charge on any atom is -0.375 e. The average Bonchev–Trinajstić information content (AvgIpc) is 2.58. The number of hydrogen-bond acceptors (Lipinski definition) is 4. The molecule has 1 aromatic rings. The highest BCUT2D eigenvalue weighted by molar-refractivity contribution is 14.0. The first-order valence-corrected chi connectivity index (χ1v) is 8.00. The number of hydrogen-bond donors (Lipinski definition) is 2. The topological polar surface area (TPSA) is 61.8 Å². The fraction of sp³-hybridized carbons (Fsp3) is 0.529. The van der Waals surface area contributed by atoms with Crippen LogP contribution in [0.25, 0.3) is 0 Å². The van der Waals surface area contributed by atoms with E-state index in [0.717, 1.165) is 43.6 Å². The smallest absolute Gasteiger partial charge is 0.192 e. The summed E-state index contributed by atoms with van der Waals surface area (Å²) in [6.45, 7) is 8.43. The van der Waals surface area contributed by atoms with E-state index in [-0.39, 0.29) is 30.1 Å². The lowest BCUT2D eigenvalue weighted by Crippen LogP contribution is -2.41. The number of ether oxygens (including phenoxy) is 1. The lowest BCUT2D eigenvalue weighted by atomic mass is 10.2. The van der Waals surface area contributed by atoms with Crippen molar-refractivity contribution in [2.75, 3.05) is 37.7 Å². The largest absolute Gasteiger partial charge is 0.375 e. The van der Waals surface area contributed by atoms with Gasteiger partial charge in [-0.3, -0.25) is 0 Å². The fourth-order valence-electron chi connectivity index (χ4n) is 2.37. The Morgan fingerprint density at radius 2 is 2.33 bits per heavy atom. The van der Waals surface area contributed by atoms with Crippen LogP contribution in [-0.4, -0.2) is 49.8 Å². The second-order valence-corrected chi connectivity index (χ2v) is 5.40. The zero-order chi connectivity index (χ0) is 16.5. The first-order valence-electron chi connectivity index (χ1n) is 8.00. The maximum Gasteiger partial charge on any atom is 0.192 e. The Morgan fingerprint density at radius 3 is 2.96 bits per heavy atom. The van der Waals surface area contributed by atoms with Crippen LogP contribution in [-0.2, 0) is 11.3 Å². The SMILES string of the molecule is C#CCNC(=NCc1ccc(N2CCOC(C)C2)nc1)NCC.I. The molecule has 2 rings (SSSR count). The Hall–Kier alpha value is -1.53. The number of pyridine rings is 1. The highest BCUT2D eigenvalue weighted by Gasteiger charge is 2.17. The molecule has 24 heavy (non-hydrogen) atoms. The molecular formula is C17H26IN5O. The van der Waals surface area contributed by atoms with Gasteiger partial charge in [0.1, 0.15) is 5.82 Å². The average molecular weight is 443 g/mol. The molecule has 1 aliphatic rings. The van der Waals surface area contributed by atoms with Crippen LogP contribution in [0.15, 0.2) is 23.3 Å². The van der Waals surface area contributed by atoms with Gasteiger partial charge in [-0.2, -0.15) is 0 Å². The summed E-state index contributed by atoms with van der Waals surface area (Å²) in [6.07, 6.45) is 7.39. The zero-order valence-corrected chi connectivity index (χ0v) is 16.6. The molecule has 0 aliphatic carbocycles. The molecule has 6 nitrogen and oxygen atoms in total. The summed E-state index contributed by atoms with van der Waals surface area (Å²) < 4.78 is 5.56. The number of halogens is 1. The van der Waals surface area contributed by atoms with Crippen LogP contribution in [0.4, 0.5) is 5.82 Å². The molecular weight excluding hydrogens is 417 g/mol. The summed E-state index contributed by atoms with van der Waals surface area (Å²) in [6, 6.07) is 4.11. The molecule has 2 heterocycles. The van der Waals surface area contributed by atoms with E-state index >= 15 is 0 Å². The number of rotatable bonds is 5. The van der Waals surface area contributed by atoms with E-state index in [2.05, 4.69) is 44.4 Å². The van der Waals surface area contributed by atoms with Crippen molar-refractivity contribution in [1.82, 2.24) is 15.6 Å². The Balaban J connectivity index is 0.00000288. The van der Waals surface area contributed by atoms with Crippen molar-refractivity contribution in [2.45, 2.75) is 26.5 Å². The van der Waals surface area contributed by atoms with Crippen LogP contribution in [0.2, 0.25) is 0 Å². The van der Waals surface area contributed by atoms with Crippen molar-refractivity contribution in [3.8, 4) is 12.3 Å². The summed E-state index contributed by atoms with van der Waals surface area (Å²) in [7, 11) is 0. The van der Waals surface area contributed by atoms with Crippen LogP contribution < -0.4 is 15.5 Å². The molecule has 0 bridgehead atoms. The van der Waals surface area contributed by atoms with Gasteiger partial charge in [-0.15, -0.1) is 30.4 Å². The summed E-state index contributed by atoms with van der Waals surface area (Å²) in [5.41, 5.74) is 1.06. The lowest BCUT2D eigenvalue weighted by molar-refractivity contribution is 0.0529. The predicted molar refractivity (Wildman–Crippen MR) is 109 cm³/mol. The number of guanidine groups is 1. The molecule has 0 aromatic carbocycles. The van der Waals surface area contributed by atoms with Crippen molar-refractivity contribution in [2.24, 2.45) is 4.99 Å². The van der Waals surface area contributed by atoms with Crippen LogP contribution in [0, 0.1) is 12.3 Å². The Labute approximate surface area is 161 Å². The number of aliphatic imine (C=N–C) groups is 1. The molecule has 0 spiro atoms. The fourth-order valence-corrected chi connectivity index (χ4v) is 2.37. The minimum absolute atomic E-state index is 0. The minimum atomic E-state index is 0. The number of morpholine rings is 1. The Bertz CT molecular complexity index is 555. The molecule has 1 saturated heterocycles. The molecule has 1 atom stereocenters. The van der Waals surface area contributed by atoms with Crippen molar-refractivity contribution in [1.29, 1.82) is 0 Å². The third-order valence-electron chi connectivity index (χ3n) is 3.50. The summed E-state index contributed by atoms with van der Waals surface area (Å²) in [5.74, 6) is 4.25. The van der Waals surface area contributed by atoms with Gasteiger partial charge in [0.15, 0.2) is 5.96 Å². The quantitative estimate of drug-likeness (QED) is 0.314. The zero-order valence-electron chi connectivity index (χ0n) is 14.3. The van der Waals surface area contributed by atoms with Crippen LogP contribution in [0.3, 0.4) is 0 Å². The van der Waals surface area contributed by atoms with Gasteiger partial charge in [0.2, 0.25) is 0 Å². The molecule has 0 radical (unpaired) electrons. The van der Waals surface area contributed by atoms with Gasteiger partial charge in [-0.05, 0) is 25.5 Å². The molecule has 2 N–H and O–H groups in total. The van der Waals surface area contributed by atoms with Crippen molar-refractivity contribution in [3.63, 3.8) is 0 Å². The van der Waals surface area contributed by atoms with Crippen LogP contribution in [0.5, 0.6) is 0 Å². The molecule has 132 valence electrons.